The predicted molar refractivity (Wildman–Crippen MR) is 95.1 cm³/mol. The lowest BCUT2D eigenvalue weighted by Crippen LogP contribution is -2.41. The van der Waals surface area contributed by atoms with Crippen LogP contribution in [0.1, 0.15) is 25.1 Å². The van der Waals surface area contributed by atoms with Gasteiger partial charge in [-0.25, -0.2) is 4.98 Å². The first-order chi connectivity index (χ1) is 10.2. The molecule has 4 nitrogen and oxygen atoms in total. The van der Waals surface area contributed by atoms with E-state index in [0.29, 0.717) is 6.04 Å². The molecule has 1 aliphatic rings. The van der Waals surface area contributed by atoms with Gasteiger partial charge in [0.15, 0.2) is 0 Å². The van der Waals surface area contributed by atoms with Gasteiger partial charge in [0.05, 0.1) is 5.39 Å². The van der Waals surface area contributed by atoms with Gasteiger partial charge in [-0.3, -0.25) is 0 Å². The molecule has 0 aromatic carbocycles. The standard InChI is InChI=1S/C15H22N4S2/c1-4-5-16-15-17-13(19-6-7-20-9-10(19)2)12-8-11(3)21-14(12)18-15/h8,10H,4-7,9H2,1-3H3,(H,16,17,18). The van der Waals surface area contributed by atoms with Crippen LogP contribution in [0, 0.1) is 6.92 Å². The third-order valence-corrected chi connectivity index (χ3v) is 5.80. The molecule has 0 bridgehead atoms. The van der Waals surface area contributed by atoms with E-state index in [2.05, 4.69) is 42.0 Å². The maximum Gasteiger partial charge on any atom is 0.226 e. The van der Waals surface area contributed by atoms with Gasteiger partial charge >= 0.3 is 0 Å². The number of hydrogen-bond donors (Lipinski definition) is 1. The van der Waals surface area contributed by atoms with Crippen LogP contribution in [0.3, 0.4) is 0 Å². The molecular weight excluding hydrogens is 300 g/mol. The van der Waals surface area contributed by atoms with Gasteiger partial charge in [0.2, 0.25) is 5.95 Å². The Kier molecular flexibility index (Phi) is 4.54. The fourth-order valence-electron chi connectivity index (χ4n) is 2.60. The molecule has 2 aromatic heterocycles. The van der Waals surface area contributed by atoms with E-state index in [1.807, 2.05) is 11.8 Å². The fourth-order valence-corrected chi connectivity index (χ4v) is 4.49. The molecule has 0 saturated carbocycles. The van der Waals surface area contributed by atoms with Crippen molar-refractivity contribution in [2.24, 2.45) is 0 Å². The van der Waals surface area contributed by atoms with Crippen molar-refractivity contribution < 1.29 is 0 Å². The lowest BCUT2D eigenvalue weighted by Gasteiger charge is -2.34. The van der Waals surface area contributed by atoms with Crippen LogP contribution in [0.2, 0.25) is 0 Å². The smallest absolute Gasteiger partial charge is 0.226 e. The third kappa shape index (κ3) is 3.11. The highest BCUT2D eigenvalue weighted by molar-refractivity contribution is 7.99. The van der Waals surface area contributed by atoms with Crippen molar-refractivity contribution in [3.8, 4) is 0 Å². The molecule has 3 heterocycles. The van der Waals surface area contributed by atoms with Gasteiger partial charge in [0.25, 0.3) is 0 Å². The van der Waals surface area contributed by atoms with Gasteiger partial charge in [0.1, 0.15) is 10.6 Å². The van der Waals surface area contributed by atoms with Crippen LogP contribution in [-0.4, -0.2) is 40.6 Å². The number of aryl methyl sites for hydroxylation is 1. The van der Waals surface area contributed by atoms with Crippen molar-refractivity contribution in [3.63, 3.8) is 0 Å². The highest BCUT2D eigenvalue weighted by atomic mass is 32.2. The van der Waals surface area contributed by atoms with Crippen molar-refractivity contribution in [1.82, 2.24) is 9.97 Å². The van der Waals surface area contributed by atoms with E-state index in [4.69, 9.17) is 4.98 Å². The molecule has 1 atom stereocenters. The summed E-state index contributed by atoms with van der Waals surface area (Å²) in [6.45, 7) is 8.58. The highest BCUT2D eigenvalue weighted by Gasteiger charge is 2.23. The monoisotopic (exact) mass is 322 g/mol. The van der Waals surface area contributed by atoms with Gasteiger partial charge in [-0.05, 0) is 26.3 Å². The first kappa shape index (κ1) is 14.9. The average Bonchev–Trinajstić information content (AvgIpc) is 2.85. The Morgan fingerprint density at radius 2 is 2.29 bits per heavy atom. The SMILES string of the molecule is CCCNc1nc(N2CCSCC2C)c2cc(C)sc2n1. The average molecular weight is 323 g/mol. The van der Waals surface area contributed by atoms with E-state index in [0.717, 1.165) is 36.1 Å². The fraction of sp³-hybridized carbons (Fsp3) is 0.600. The van der Waals surface area contributed by atoms with Crippen molar-refractivity contribution in [2.45, 2.75) is 33.2 Å². The number of hydrogen-bond acceptors (Lipinski definition) is 6. The van der Waals surface area contributed by atoms with Crippen molar-refractivity contribution >= 4 is 45.1 Å². The van der Waals surface area contributed by atoms with E-state index in [1.165, 1.54) is 21.8 Å². The van der Waals surface area contributed by atoms with Crippen LogP contribution < -0.4 is 10.2 Å². The highest BCUT2D eigenvalue weighted by Crippen LogP contribution is 2.34. The zero-order chi connectivity index (χ0) is 14.8. The van der Waals surface area contributed by atoms with Gasteiger partial charge in [0, 0.05) is 35.5 Å². The minimum atomic E-state index is 0.529. The summed E-state index contributed by atoms with van der Waals surface area (Å²) in [5, 5.41) is 4.55. The Bertz CT molecular complexity index is 625. The Morgan fingerprint density at radius 3 is 3.05 bits per heavy atom. The summed E-state index contributed by atoms with van der Waals surface area (Å²) in [5.74, 6) is 4.23. The molecule has 1 aliphatic heterocycles. The Labute approximate surface area is 134 Å². The van der Waals surface area contributed by atoms with Gasteiger partial charge in [-0.2, -0.15) is 16.7 Å². The molecule has 2 aromatic rings. The van der Waals surface area contributed by atoms with Crippen molar-refractivity contribution in [2.75, 3.05) is 34.8 Å². The molecule has 114 valence electrons. The molecule has 0 spiro atoms. The number of nitrogens with zero attached hydrogens (tertiary/aromatic N) is 3. The largest absolute Gasteiger partial charge is 0.354 e. The minimum absolute atomic E-state index is 0.529. The maximum atomic E-state index is 4.83. The summed E-state index contributed by atoms with van der Waals surface area (Å²) in [6.07, 6.45) is 1.08. The summed E-state index contributed by atoms with van der Waals surface area (Å²) in [7, 11) is 0. The van der Waals surface area contributed by atoms with Crippen molar-refractivity contribution in [3.05, 3.63) is 10.9 Å². The van der Waals surface area contributed by atoms with Crippen LogP contribution >= 0.6 is 23.1 Å². The number of rotatable bonds is 4. The first-order valence-corrected chi connectivity index (χ1v) is 9.52. The Hall–Kier alpha value is -1.01. The molecule has 6 heteroatoms. The summed E-state index contributed by atoms with van der Waals surface area (Å²) in [4.78, 5) is 14.4. The summed E-state index contributed by atoms with van der Waals surface area (Å²) in [6, 6.07) is 2.76. The molecule has 21 heavy (non-hydrogen) atoms. The number of aromatic nitrogens is 2. The molecule has 3 rings (SSSR count). The first-order valence-electron chi connectivity index (χ1n) is 7.55. The van der Waals surface area contributed by atoms with Gasteiger partial charge < -0.3 is 10.2 Å². The minimum Gasteiger partial charge on any atom is -0.354 e. The molecule has 0 aliphatic carbocycles. The second-order valence-electron chi connectivity index (χ2n) is 5.49. The number of fused-ring (bicyclic) bond motifs is 1. The van der Waals surface area contributed by atoms with E-state index in [1.54, 1.807) is 11.3 Å². The zero-order valence-electron chi connectivity index (χ0n) is 12.8. The second kappa shape index (κ2) is 6.40. The quantitative estimate of drug-likeness (QED) is 0.928. The van der Waals surface area contributed by atoms with Gasteiger partial charge in [-0.15, -0.1) is 11.3 Å². The Morgan fingerprint density at radius 1 is 1.43 bits per heavy atom. The second-order valence-corrected chi connectivity index (χ2v) is 7.88. The predicted octanol–water partition coefficient (Wildman–Crippen LogP) is 3.76. The van der Waals surface area contributed by atoms with Crippen LogP contribution in [-0.2, 0) is 0 Å². The molecule has 0 amide bonds. The van der Waals surface area contributed by atoms with E-state index in [-0.39, 0.29) is 0 Å². The van der Waals surface area contributed by atoms with Gasteiger partial charge in [-0.1, -0.05) is 6.92 Å². The summed E-state index contributed by atoms with van der Waals surface area (Å²) in [5.41, 5.74) is 0. The number of thiophene rings is 1. The normalized spacial score (nSPS) is 19.2. The van der Waals surface area contributed by atoms with Crippen LogP contribution in [0.5, 0.6) is 0 Å². The summed E-state index contributed by atoms with van der Waals surface area (Å²) < 4.78 is 0. The molecule has 1 unspecified atom stereocenters. The number of anilines is 2. The van der Waals surface area contributed by atoms with E-state index in [9.17, 15) is 0 Å². The molecule has 1 fully saturated rings. The number of nitrogens with one attached hydrogen (secondary N) is 1. The molecule has 0 radical (unpaired) electrons. The third-order valence-electron chi connectivity index (χ3n) is 3.67. The van der Waals surface area contributed by atoms with Crippen LogP contribution in [0.25, 0.3) is 10.2 Å². The van der Waals surface area contributed by atoms with E-state index >= 15 is 0 Å². The lowest BCUT2D eigenvalue weighted by atomic mass is 10.2. The van der Waals surface area contributed by atoms with Crippen LogP contribution in [0.15, 0.2) is 6.07 Å². The molecular formula is C15H22N4S2. The summed E-state index contributed by atoms with van der Waals surface area (Å²) >= 11 is 3.79. The molecule has 1 saturated heterocycles. The van der Waals surface area contributed by atoms with Crippen molar-refractivity contribution in [1.29, 1.82) is 0 Å². The van der Waals surface area contributed by atoms with E-state index < -0.39 is 0 Å². The zero-order valence-corrected chi connectivity index (χ0v) is 14.5. The topological polar surface area (TPSA) is 41.1 Å². The van der Waals surface area contributed by atoms with Crippen LogP contribution in [0.4, 0.5) is 11.8 Å². The Balaban J connectivity index is 2.04. The number of thioether (sulfide) groups is 1. The molecule has 1 N–H and O–H groups in total. The lowest BCUT2D eigenvalue weighted by molar-refractivity contribution is 0.692. The maximum absolute atomic E-state index is 4.83.